The molecule has 1 aromatic heterocycles. The van der Waals surface area contributed by atoms with Crippen molar-refractivity contribution in [3.05, 3.63) is 36.4 Å². The molecule has 1 aliphatic carbocycles. The SMILES string of the molecule is CC1CCN(c2ccc(-c3ccc(NC(=O)C4CCCC4)cc3)nn2)CC1. The zero-order chi connectivity index (χ0) is 18.6. The van der Waals surface area contributed by atoms with Gasteiger partial charge in [-0.05, 0) is 55.9 Å². The topological polar surface area (TPSA) is 58.1 Å². The van der Waals surface area contributed by atoms with Crippen molar-refractivity contribution in [2.24, 2.45) is 11.8 Å². The molecule has 1 saturated heterocycles. The lowest BCUT2D eigenvalue weighted by Crippen LogP contribution is -2.33. The number of anilines is 2. The molecule has 0 unspecified atom stereocenters. The minimum atomic E-state index is 0.153. The summed E-state index contributed by atoms with van der Waals surface area (Å²) in [6.45, 7) is 4.43. The Kier molecular flexibility index (Phi) is 5.37. The van der Waals surface area contributed by atoms with Crippen LogP contribution in [0.1, 0.15) is 45.4 Å². The van der Waals surface area contributed by atoms with Gasteiger partial charge in [-0.1, -0.05) is 31.9 Å². The monoisotopic (exact) mass is 364 g/mol. The molecule has 1 N–H and O–H groups in total. The summed E-state index contributed by atoms with van der Waals surface area (Å²) < 4.78 is 0. The Hall–Kier alpha value is -2.43. The number of hydrogen-bond donors (Lipinski definition) is 1. The van der Waals surface area contributed by atoms with E-state index in [-0.39, 0.29) is 11.8 Å². The Labute approximate surface area is 161 Å². The molecule has 1 amide bonds. The van der Waals surface area contributed by atoms with Crippen molar-refractivity contribution >= 4 is 17.4 Å². The molecule has 1 saturated carbocycles. The molecule has 5 nitrogen and oxygen atoms in total. The molecule has 2 aromatic rings. The van der Waals surface area contributed by atoms with Crippen molar-refractivity contribution in [1.82, 2.24) is 10.2 Å². The summed E-state index contributed by atoms with van der Waals surface area (Å²) >= 11 is 0. The highest BCUT2D eigenvalue weighted by molar-refractivity contribution is 5.92. The number of hydrogen-bond acceptors (Lipinski definition) is 4. The van der Waals surface area contributed by atoms with Crippen LogP contribution in [0.25, 0.3) is 11.3 Å². The predicted molar refractivity (Wildman–Crippen MR) is 109 cm³/mol. The molecule has 5 heteroatoms. The number of piperidine rings is 1. The highest BCUT2D eigenvalue weighted by Crippen LogP contribution is 2.27. The van der Waals surface area contributed by atoms with Crippen molar-refractivity contribution in [3.8, 4) is 11.3 Å². The van der Waals surface area contributed by atoms with Gasteiger partial charge in [0.25, 0.3) is 0 Å². The highest BCUT2D eigenvalue weighted by atomic mass is 16.1. The average Bonchev–Trinajstić information content (AvgIpc) is 3.24. The largest absolute Gasteiger partial charge is 0.355 e. The zero-order valence-corrected chi connectivity index (χ0v) is 16.0. The van der Waals surface area contributed by atoms with Gasteiger partial charge in [0.15, 0.2) is 5.82 Å². The number of nitrogens with zero attached hydrogens (tertiary/aromatic N) is 3. The van der Waals surface area contributed by atoms with E-state index in [1.165, 1.54) is 25.7 Å². The third kappa shape index (κ3) is 4.29. The van der Waals surface area contributed by atoms with Crippen molar-refractivity contribution in [1.29, 1.82) is 0 Å². The summed E-state index contributed by atoms with van der Waals surface area (Å²) in [4.78, 5) is 14.6. The van der Waals surface area contributed by atoms with E-state index in [4.69, 9.17) is 0 Å². The minimum Gasteiger partial charge on any atom is -0.355 e. The van der Waals surface area contributed by atoms with Crippen LogP contribution in [-0.4, -0.2) is 29.2 Å². The number of carbonyl (C=O) groups is 1. The van der Waals surface area contributed by atoms with Crippen LogP contribution < -0.4 is 10.2 Å². The lowest BCUT2D eigenvalue weighted by Gasteiger charge is -2.30. The first-order valence-electron chi connectivity index (χ1n) is 10.2. The standard InChI is InChI=1S/C22H28N4O/c1-16-12-14-26(15-13-16)21-11-10-20(24-25-21)17-6-8-19(9-7-17)23-22(27)18-4-2-3-5-18/h6-11,16,18H,2-5,12-15H2,1H3,(H,23,27). The van der Waals surface area contributed by atoms with Crippen molar-refractivity contribution in [2.75, 3.05) is 23.3 Å². The maximum Gasteiger partial charge on any atom is 0.227 e. The van der Waals surface area contributed by atoms with Crippen LogP contribution in [0.5, 0.6) is 0 Å². The first-order chi connectivity index (χ1) is 13.2. The van der Waals surface area contributed by atoms with Gasteiger partial charge in [-0.25, -0.2) is 0 Å². The second kappa shape index (κ2) is 8.07. The lowest BCUT2D eigenvalue weighted by molar-refractivity contribution is -0.119. The molecule has 2 heterocycles. The first kappa shape index (κ1) is 18.0. The Morgan fingerprint density at radius 2 is 1.67 bits per heavy atom. The molecule has 0 bridgehead atoms. The number of benzene rings is 1. The van der Waals surface area contributed by atoms with Crippen LogP contribution in [0.3, 0.4) is 0 Å². The number of carbonyl (C=O) groups excluding carboxylic acids is 1. The fourth-order valence-electron chi connectivity index (χ4n) is 4.04. The quantitative estimate of drug-likeness (QED) is 0.867. The van der Waals surface area contributed by atoms with Crippen molar-refractivity contribution in [2.45, 2.75) is 45.4 Å². The van der Waals surface area contributed by atoms with Gasteiger partial charge in [0.05, 0.1) is 5.69 Å². The van der Waals surface area contributed by atoms with Gasteiger partial charge in [0.1, 0.15) is 0 Å². The van der Waals surface area contributed by atoms with E-state index >= 15 is 0 Å². The van der Waals surface area contributed by atoms with Gasteiger partial charge in [-0.2, -0.15) is 0 Å². The van der Waals surface area contributed by atoms with E-state index in [9.17, 15) is 4.79 Å². The highest BCUT2D eigenvalue weighted by Gasteiger charge is 2.22. The molecule has 4 rings (SSSR count). The molecule has 0 atom stereocenters. The Bertz CT molecular complexity index is 758. The summed E-state index contributed by atoms with van der Waals surface area (Å²) in [5.41, 5.74) is 2.72. The zero-order valence-electron chi connectivity index (χ0n) is 16.0. The third-order valence-electron chi connectivity index (χ3n) is 5.93. The van der Waals surface area contributed by atoms with E-state index in [1.54, 1.807) is 0 Å². The van der Waals surface area contributed by atoms with E-state index < -0.39 is 0 Å². The Morgan fingerprint density at radius 1 is 0.963 bits per heavy atom. The maximum absolute atomic E-state index is 12.2. The fourth-order valence-corrected chi connectivity index (χ4v) is 4.04. The minimum absolute atomic E-state index is 0.153. The van der Waals surface area contributed by atoms with Crippen LogP contribution in [-0.2, 0) is 4.79 Å². The number of rotatable bonds is 4. The number of nitrogens with one attached hydrogen (secondary N) is 1. The molecule has 27 heavy (non-hydrogen) atoms. The second-order valence-corrected chi connectivity index (χ2v) is 7.99. The van der Waals surface area contributed by atoms with Gasteiger partial charge < -0.3 is 10.2 Å². The van der Waals surface area contributed by atoms with Gasteiger partial charge >= 0.3 is 0 Å². The smallest absolute Gasteiger partial charge is 0.227 e. The van der Waals surface area contributed by atoms with E-state index in [0.29, 0.717) is 0 Å². The van der Waals surface area contributed by atoms with Crippen LogP contribution in [0, 0.1) is 11.8 Å². The van der Waals surface area contributed by atoms with Crippen LogP contribution in [0.4, 0.5) is 11.5 Å². The normalized spacial score (nSPS) is 18.6. The molecule has 1 aliphatic heterocycles. The van der Waals surface area contributed by atoms with Gasteiger partial charge in [0, 0.05) is 30.3 Å². The summed E-state index contributed by atoms with van der Waals surface area (Å²) in [5, 5.41) is 11.9. The summed E-state index contributed by atoms with van der Waals surface area (Å²) in [6, 6.07) is 12.0. The average molecular weight is 364 g/mol. The molecular weight excluding hydrogens is 336 g/mol. The molecule has 2 fully saturated rings. The van der Waals surface area contributed by atoms with Crippen molar-refractivity contribution < 1.29 is 4.79 Å². The summed E-state index contributed by atoms with van der Waals surface area (Å²) in [6.07, 6.45) is 6.81. The van der Waals surface area contributed by atoms with E-state index in [0.717, 1.165) is 54.6 Å². The second-order valence-electron chi connectivity index (χ2n) is 7.99. The number of aromatic nitrogens is 2. The van der Waals surface area contributed by atoms with Crippen molar-refractivity contribution in [3.63, 3.8) is 0 Å². The predicted octanol–water partition coefficient (Wildman–Crippen LogP) is 4.51. The molecule has 0 radical (unpaired) electrons. The van der Waals surface area contributed by atoms with Gasteiger partial charge in [-0.3, -0.25) is 4.79 Å². The first-order valence-corrected chi connectivity index (χ1v) is 10.2. The Morgan fingerprint density at radius 3 is 2.30 bits per heavy atom. The maximum atomic E-state index is 12.2. The summed E-state index contributed by atoms with van der Waals surface area (Å²) in [5.74, 6) is 2.10. The van der Waals surface area contributed by atoms with Gasteiger partial charge in [0.2, 0.25) is 5.91 Å². The molecule has 1 aromatic carbocycles. The lowest BCUT2D eigenvalue weighted by atomic mass is 9.99. The van der Waals surface area contributed by atoms with Gasteiger partial charge in [-0.15, -0.1) is 10.2 Å². The van der Waals surface area contributed by atoms with Crippen LogP contribution in [0.15, 0.2) is 36.4 Å². The van der Waals surface area contributed by atoms with E-state index in [1.807, 2.05) is 30.3 Å². The Balaban J connectivity index is 1.39. The van der Waals surface area contributed by atoms with Crippen LogP contribution in [0.2, 0.25) is 0 Å². The molecule has 142 valence electrons. The third-order valence-corrected chi connectivity index (χ3v) is 5.93. The number of amides is 1. The molecule has 2 aliphatic rings. The van der Waals surface area contributed by atoms with Crippen LogP contribution >= 0.6 is 0 Å². The molecular formula is C22H28N4O. The van der Waals surface area contributed by atoms with E-state index in [2.05, 4.69) is 33.4 Å². The summed E-state index contributed by atoms with van der Waals surface area (Å²) in [7, 11) is 0. The fraction of sp³-hybridized carbons (Fsp3) is 0.500. The molecule has 0 spiro atoms.